The molecule has 0 bridgehead atoms. The summed E-state index contributed by atoms with van der Waals surface area (Å²) in [6, 6.07) is 3.81. The van der Waals surface area contributed by atoms with Gasteiger partial charge in [0, 0.05) is 9.99 Å². The molecule has 0 amide bonds. The van der Waals surface area contributed by atoms with Crippen LogP contribution in [0.5, 0.6) is 11.5 Å². The van der Waals surface area contributed by atoms with Gasteiger partial charge in [-0.25, -0.2) is 0 Å². The molecule has 0 fully saturated rings. The molecule has 18 heavy (non-hydrogen) atoms. The first-order chi connectivity index (χ1) is 8.62. The average Bonchev–Trinajstić information content (AvgIpc) is 2.37. The molecule has 0 aromatic heterocycles. The summed E-state index contributed by atoms with van der Waals surface area (Å²) < 4.78 is 16.4. The summed E-state index contributed by atoms with van der Waals surface area (Å²) in [5, 5.41) is 0. The number of ether oxygens (including phenoxy) is 3. The van der Waals surface area contributed by atoms with Crippen LogP contribution in [-0.4, -0.2) is 26.8 Å². The molecule has 0 saturated carbocycles. The van der Waals surface area contributed by atoms with E-state index in [0.29, 0.717) is 30.9 Å². The van der Waals surface area contributed by atoms with Crippen LogP contribution in [0.4, 0.5) is 0 Å². The average molecular weight is 364 g/mol. The number of rotatable bonds is 6. The highest BCUT2D eigenvalue weighted by molar-refractivity contribution is 14.1. The predicted octanol–water partition coefficient (Wildman–Crippen LogP) is 2.80. The summed E-state index contributed by atoms with van der Waals surface area (Å²) in [5.41, 5.74) is 1.06. The molecule has 5 heteroatoms. The van der Waals surface area contributed by atoms with Crippen molar-refractivity contribution in [2.45, 2.75) is 19.8 Å². The molecule has 4 nitrogen and oxygen atoms in total. The Morgan fingerprint density at radius 2 is 1.83 bits per heavy atom. The number of aryl methyl sites for hydroxylation is 1. The summed E-state index contributed by atoms with van der Waals surface area (Å²) in [4.78, 5) is 11.3. The Morgan fingerprint density at radius 3 is 2.39 bits per heavy atom. The van der Waals surface area contributed by atoms with Crippen molar-refractivity contribution in [2.75, 3.05) is 20.8 Å². The summed E-state index contributed by atoms with van der Waals surface area (Å²) in [6.45, 7) is 2.22. The lowest BCUT2D eigenvalue weighted by Gasteiger charge is -2.11. The van der Waals surface area contributed by atoms with Gasteiger partial charge < -0.3 is 14.2 Å². The Balaban J connectivity index is 2.79. The van der Waals surface area contributed by atoms with Crippen LogP contribution in [0.25, 0.3) is 0 Å². The lowest BCUT2D eigenvalue weighted by atomic mass is 10.1. The molecule has 0 heterocycles. The van der Waals surface area contributed by atoms with E-state index >= 15 is 0 Å². The molecule has 1 rings (SSSR count). The highest BCUT2D eigenvalue weighted by Gasteiger charge is 2.11. The van der Waals surface area contributed by atoms with Gasteiger partial charge in [0.2, 0.25) is 0 Å². The quantitative estimate of drug-likeness (QED) is 0.575. The van der Waals surface area contributed by atoms with Crippen LogP contribution in [0.1, 0.15) is 18.9 Å². The normalized spacial score (nSPS) is 10.0. The topological polar surface area (TPSA) is 44.8 Å². The van der Waals surface area contributed by atoms with E-state index in [1.165, 1.54) is 0 Å². The number of carbonyl (C=O) groups is 1. The molecule has 0 N–H and O–H groups in total. The van der Waals surface area contributed by atoms with E-state index in [4.69, 9.17) is 14.2 Å². The molecule has 0 aliphatic carbocycles. The van der Waals surface area contributed by atoms with E-state index in [-0.39, 0.29) is 5.97 Å². The third-order valence-electron chi connectivity index (χ3n) is 2.46. The van der Waals surface area contributed by atoms with Crippen molar-refractivity contribution in [3.8, 4) is 11.5 Å². The molecule has 0 atom stereocenters. The molecular formula is C13H17IO4. The van der Waals surface area contributed by atoms with Gasteiger partial charge in [-0.2, -0.15) is 0 Å². The number of esters is 1. The minimum atomic E-state index is -0.178. The summed E-state index contributed by atoms with van der Waals surface area (Å²) in [5.74, 6) is 1.20. The summed E-state index contributed by atoms with van der Waals surface area (Å²) in [7, 11) is 3.20. The van der Waals surface area contributed by atoms with Crippen molar-refractivity contribution >= 4 is 28.6 Å². The largest absolute Gasteiger partial charge is 0.493 e. The molecule has 100 valence electrons. The number of methoxy groups -OCH3 is 2. The van der Waals surface area contributed by atoms with Crippen molar-refractivity contribution in [2.24, 2.45) is 0 Å². The van der Waals surface area contributed by atoms with Crippen LogP contribution >= 0.6 is 22.6 Å². The maximum absolute atomic E-state index is 11.3. The smallest absolute Gasteiger partial charge is 0.306 e. The first kappa shape index (κ1) is 15.1. The van der Waals surface area contributed by atoms with Crippen LogP contribution < -0.4 is 9.47 Å². The molecule has 0 spiro atoms. The molecule has 0 saturated heterocycles. The van der Waals surface area contributed by atoms with Gasteiger partial charge in [0.1, 0.15) is 0 Å². The molecular weight excluding hydrogens is 347 g/mol. The van der Waals surface area contributed by atoms with Gasteiger partial charge in [-0.15, -0.1) is 0 Å². The van der Waals surface area contributed by atoms with Gasteiger partial charge in [0.05, 0.1) is 20.8 Å². The lowest BCUT2D eigenvalue weighted by molar-refractivity contribution is -0.143. The SMILES string of the molecule is CCOC(=O)CCc1cc(OC)c(OC)cc1I. The van der Waals surface area contributed by atoms with Crippen molar-refractivity contribution in [1.29, 1.82) is 0 Å². The van der Waals surface area contributed by atoms with Crippen molar-refractivity contribution in [3.63, 3.8) is 0 Å². The summed E-state index contributed by atoms with van der Waals surface area (Å²) in [6.07, 6.45) is 1.01. The highest BCUT2D eigenvalue weighted by Crippen LogP contribution is 2.31. The zero-order chi connectivity index (χ0) is 13.5. The third-order valence-corrected chi connectivity index (χ3v) is 3.46. The lowest BCUT2D eigenvalue weighted by Crippen LogP contribution is -2.06. The van der Waals surface area contributed by atoms with Crippen LogP contribution in [0, 0.1) is 3.57 Å². The minimum Gasteiger partial charge on any atom is -0.493 e. The Bertz CT molecular complexity index is 418. The maximum atomic E-state index is 11.3. The standard InChI is InChI=1S/C13H17IO4/c1-4-18-13(15)6-5-9-7-11(16-2)12(17-3)8-10(9)14/h7-8H,4-6H2,1-3H3. The monoisotopic (exact) mass is 364 g/mol. The highest BCUT2D eigenvalue weighted by atomic mass is 127. The van der Waals surface area contributed by atoms with E-state index in [1.54, 1.807) is 21.1 Å². The maximum Gasteiger partial charge on any atom is 0.306 e. The van der Waals surface area contributed by atoms with Crippen LogP contribution in [0.3, 0.4) is 0 Å². The van der Waals surface area contributed by atoms with E-state index in [9.17, 15) is 4.79 Å². The van der Waals surface area contributed by atoms with Crippen molar-refractivity contribution < 1.29 is 19.0 Å². The Morgan fingerprint density at radius 1 is 1.22 bits per heavy atom. The predicted molar refractivity (Wildman–Crippen MR) is 77.2 cm³/mol. The fourth-order valence-electron chi connectivity index (χ4n) is 1.56. The Kier molecular flexibility index (Phi) is 6.24. The zero-order valence-electron chi connectivity index (χ0n) is 10.8. The van der Waals surface area contributed by atoms with Gasteiger partial charge in [-0.05, 0) is 53.6 Å². The van der Waals surface area contributed by atoms with Gasteiger partial charge in [0.15, 0.2) is 11.5 Å². The number of benzene rings is 1. The first-order valence-corrected chi connectivity index (χ1v) is 6.76. The Labute approximate surface area is 121 Å². The zero-order valence-corrected chi connectivity index (χ0v) is 12.9. The molecule has 0 radical (unpaired) electrons. The third kappa shape index (κ3) is 4.04. The number of hydrogen-bond acceptors (Lipinski definition) is 4. The number of hydrogen-bond donors (Lipinski definition) is 0. The minimum absolute atomic E-state index is 0.178. The van der Waals surface area contributed by atoms with Crippen molar-refractivity contribution in [1.82, 2.24) is 0 Å². The van der Waals surface area contributed by atoms with E-state index in [1.807, 2.05) is 12.1 Å². The number of halogens is 1. The second-order valence-electron chi connectivity index (χ2n) is 3.60. The van der Waals surface area contributed by atoms with E-state index in [2.05, 4.69) is 22.6 Å². The molecule has 0 aliphatic rings. The fourth-order valence-corrected chi connectivity index (χ4v) is 2.27. The van der Waals surface area contributed by atoms with Crippen LogP contribution in [0.15, 0.2) is 12.1 Å². The van der Waals surface area contributed by atoms with Gasteiger partial charge in [-0.1, -0.05) is 0 Å². The summed E-state index contributed by atoms with van der Waals surface area (Å²) >= 11 is 2.22. The molecule has 1 aromatic rings. The Hall–Kier alpha value is -0.980. The molecule has 1 aromatic carbocycles. The molecule has 0 aliphatic heterocycles. The second kappa shape index (κ2) is 7.45. The van der Waals surface area contributed by atoms with Gasteiger partial charge >= 0.3 is 5.97 Å². The first-order valence-electron chi connectivity index (χ1n) is 5.68. The van der Waals surface area contributed by atoms with Crippen LogP contribution in [-0.2, 0) is 16.0 Å². The van der Waals surface area contributed by atoms with Crippen LogP contribution in [0.2, 0.25) is 0 Å². The van der Waals surface area contributed by atoms with Crippen molar-refractivity contribution in [3.05, 3.63) is 21.3 Å². The number of carbonyl (C=O) groups excluding carboxylic acids is 1. The second-order valence-corrected chi connectivity index (χ2v) is 4.77. The van der Waals surface area contributed by atoms with Gasteiger partial charge in [-0.3, -0.25) is 4.79 Å². The van der Waals surface area contributed by atoms with Gasteiger partial charge in [0.25, 0.3) is 0 Å². The fraction of sp³-hybridized carbons (Fsp3) is 0.462. The van der Waals surface area contributed by atoms with E-state index in [0.717, 1.165) is 9.13 Å². The van der Waals surface area contributed by atoms with E-state index < -0.39 is 0 Å². The molecule has 0 unspecified atom stereocenters.